The summed E-state index contributed by atoms with van der Waals surface area (Å²) in [5.41, 5.74) is 0. The third kappa shape index (κ3) is 3.23. The van der Waals surface area contributed by atoms with Crippen LogP contribution in [0.15, 0.2) is 0 Å². The molecule has 18 heavy (non-hydrogen) atoms. The normalized spacial score (nSPS) is 28.8. The third-order valence-corrected chi connectivity index (χ3v) is 4.15. The van der Waals surface area contributed by atoms with Crippen molar-refractivity contribution >= 4 is 5.91 Å². The first-order valence-corrected chi connectivity index (χ1v) is 7.35. The molecule has 4 heteroatoms. The zero-order chi connectivity index (χ0) is 13.1. The van der Waals surface area contributed by atoms with Crippen molar-refractivity contribution in [3.05, 3.63) is 0 Å². The van der Waals surface area contributed by atoms with E-state index in [-0.39, 0.29) is 0 Å². The van der Waals surface area contributed by atoms with Crippen LogP contribution in [-0.2, 0) is 4.79 Å². The van der Waals surface area contributed by atoms with Crippen LogP contribution in [0.4, 0.5) is 0 Å². The fraction of sp³-hybridized carbons (Fsp3) is 0.929. The SMILES string of the molecule is CC(C)NCCC(=O)N1CC2CCCN2CC1C. The van der Waals surface area contributed by atoms with Gasteiger partial charge in [-0.2, -0.15) is 0 Å². The van der Waals surface area contributed by atoms with E-state index >= 15 is 0 Å². The Morgan fingerprint density at radius 2 is 2.17 bits per heavy atom. The Labute approximate surface area is 111 Å². The second kappa shape index (κ2) is 6.02. The van der Waals surface area contributed by atoms with Crippen LogP contribution in [0.5, 0.6) is 0 Å². The number of carbonyl (C=O) groups excluding carboxylic acids is 1. The highest BCUT2D eigenvalue weighted by molar-refractivity contribution is 5.77. The molecule has 2 aliphatic rings. The Balaban J connectivity index is 1.82. The number of amides is 1. The highest BCUT2D eigenvalue weighted by Gasteiger charge is 2.35. The lowest BCUT2D eigenvalue weighted by Crippen LogP contribution is -2.57. The van der Waals surface area contributed by atoms with E-state index in [4.69, 9.17) is 0 Å². The molecule has 4 nitrogen and oxygen atoms in total. The van der Waals surface area contributed by atoms with Gasteiger partial charge in [0.15, 0.2) is 0 Å². The van der Waals surface area contributed by atoms with Crippen molar-refractivity contribution in [2.45, 2.75) is 58.2 Å². The molecule has 2 unspecified atom stereocenters. The van der Waals surface area contributed by atoms with E-state index in [0.29, 0.717) is 30.5 Å². The van der Waals surface area contributed by atoms with E-state index in [1.54, 1.807) is 0 Å². The fourth-order valence-electron chi connectivity index (χ4n) is 3.15. The van der Waals surface area contributed by atoms with Crippen LogP contribution in [0.2, 0.25) is 0 Å². The Morgan fingerprint density at radius 3 is 2.89 bits per heavy atom. The van der Waals surface area contributed by atoms with E-state index in [2.05, 4.69) is 35.9 Å². The number of nitrogens with one attached hydrogen (secondary N) is 1. The number of rotatable bonds is 4. The van der Waals surface area contributed by atoms with Crippen LogP contribution in [0.1, 0.15) is 40.0 Å². The summed E-state index contributed by atoms with van der Waals surface area (Å²) in [5, 5.41) is 3.32. The molecule has 0 aromatic heterocycles. The maximum atomic E-state index is 12.2. The predicted molar refractivity (Wildman–Crippen MR) is 73.5 cm³/mol. The Morgan fingerprint density at radius 1 is 1.39 bits per heavy atom. The van der Waals surface area contributed by atoms with Crippen molar-refractivity contribution in [3.8, 4) is 0 Å². The van der Waals surface area contributed by atoms with Gasteiger partial charge in [-0.1, -0.05) is 13.8 Å². The van der Waals surface area contributed by atoms with Crippen LogP contribution in [0.25, 0.3) is 0 Å². The van der Waals surface area contributed by atoms with Gasteiger partial charge in [0.2, 0.25) is 5.91 Å². The van der Waals surface area contributed by atoms with Gasteiger partial charge < -0.3 is 10.2 Å². The van der Waals surface area contributed by atoms with Crippen molar-refractivity contribution in [2.24, 2.45) is 0 Å². The summed E-state index contributed by atoms with van der Waals surface area (Å²) in [5.74, 6) is 0.321. The smallest absolute Gasteiger partial charge is 0.224 e. The van der Waals surface area contributed by atoms with E-state index in [0.717, 1.165) is 19.6 Å². The number of nitrogens with zero attached hydrogens (tertiary/aromatic N) is 2. The maximum Gasteiger partial charge on any atom is 0.224 e. The van der Waals surface area contributed by atoms with Gasteiger partial charge in [-0.15, -0.1) is 0 Å². The molecule has 0 aromatic carbocycles. The first-order valence-electron chi connectivity index (χ1n) is 7.35. The number of hydrogen-bond donors (Lipinski definition) is 1. The molecule has 2 atom stereocenters. The summed E-state index contributed by atoms with van der Waals surface area (Å²) in [7, 11) is 0. The summed E-state index contributed by atoms with van der Waals surface area (Å²) >= 11 is 0. The largest absolute Gasteiger partial charge is 0.337 e. The molecule has 0 saturated carbocycles. The van der Waals surface area contributed by atoms with Crippen molar-refractivity contribution in [3.63, 3.8) is 0 Å². The van der Waals surface area contributed by atoms with Crippen molar-refractivity contribution in [1.29, 1.82) is 0 Å². The summed E-state index contributed by atoms with van der Waals surface area (Å²) < 4.78 is 0. The number of fused-ring (bicyclic) bond motifs is 1. The van der Waals surface area contributed by atoms with Gasteiger partial charge in [-0.25, -0.2) is 0 Å². The Bertz CT molecular complexity index is 293. The third-order valence-electron chi connectivity index (χ3n) is 4.15. The Hall–Kier alpha value is -0.610. The van der Waals surface area contributed by atoms with Gasteiger partial charge >= 0.3 is 0 Å². The molecule has 2 heterocycles. The van der Waals surface area contributed by atoms with Gasteiger partial charge in [0.1, 0.15) is 0 Å². The molecule has 2 aliphatic heterocycles. The van der Waals surface area contributed by atoms with Gasteiger partial charge in [0, 0.05) is 44.2 Å². The van der Waals surface area contributed by atoms with Gasteiger partial charge in [0.25, 0.3) is 0 Å². The minimum atomic E-state index is 0.321. The van der Waals surface area contributed by atoms with Crippen LogP contribution >= 0.6 is 0 Å². The first-order chi connectivity index (χ1) is 8.58. The molecule has 2 fully saturated rings. The highest BCUT2D eigenvalue weighted by Crippen LogP contribution is 2.24. The second-order valence-corrected chi connectivity index (χ2v) is 6.04. The quantitative estimate of drug-likeness (QED) is 0.814. The van der Waals surface area contributed by atoms with E-state index in [1.165, 1.54) is 19.4 Å². The van der Waals surface area contributed by atoms with Crippen molar-refractivity contribution in [1.82, 2.24) is 15.1 Å². The van der Waals surface area contributed by atoms with Gasteiger partial charge in [0.05, 0.1) is 0 Å². The summed E-state index contributed by atoms with van der Waals surface area (Å²) in [6, 6.07) is 1.47. The van der Waals surface area contributed by atoms with Gasteiger partial charge in [-0.3, -0.25) is 9.69 Å². The first kappa shape index (κ1) is 13.8. The van der Waals surface area contributed by atoms with Crippen molar-refractivity contribution in [2.75, 3.05) is 26.2 Å². The zero-order valence-corrected chi connectivity index (χ0v) is 12.0. The fourth-order valence-corrected chi connectivity index (χ4v) is 3.15. The molecular formula is C14H27N3O. The molecule has 104 valence electrons. The lowest BCUT2D eigenvalue weighted by molar-refractivity contribution is -0.136. The number of carbonyl (C=O) groups is 1. The molecule has 0 radical (unpaired) electrons. The van der Waals surface area contributed by atoms with E-state index in [1.807, 2.05) is 0 Å². The van der Waals surface area contributed by atoms with Gasteiger partial charge in [-0.05, 0) is 26.3 Å². The molecule has 0 aromatic rings. The highest BCUT2D eigenvalue weighted by atomic mass is 16.2. The standard InChI is InChI=1S/C14H27N3O/c1-11(2)15-7-6-14(18)17-10-13-5-4-8-16(13)9-12(17)3/h11-13,15H,4-10H2,1-3H3. The summed E-state index contributed by atoms with van der Waals surface area (Å²) in [6.45, 7) is 10.5. The van der Waals surface area contributed by atoms with Crippen molar-refractivity contribution < 1.29 is 4.79 Å². The maximum absolute atomic E-state index is 12.2. The van der Waals surface area contributed by atoms with Crippen LogP contribution in [0.3, 0.4) is 0 Å². The number of hydrogen-bond acceptors (Lipinski definition) is 3. The molecule has 1 N–H and O–H groups in total. The average molecular weight is 253 g/mol. The summed E-state index contributed by atoms with van der Waals surface area (Å²) in [4.78, 5) is 16.9. The lowest BCUT2D eigenvalue weighted by Gasteiger charge is -2.42. The van der Waals surface area contributed by atoms with Crippen LogP contribution in [0, 0.1) is 0 Å². The minimum absolute atomic E-state index is 0.321. The summed E-state index contributed by atoms with van der Waals surface area (Å²) in [6.07, 6.45) is 3.20. The lowest BCUT2D eigenvalue weighted by atomic mass is 10.1. The van der Waals surface area contributed by atoms with E-state index in [9.17, 15) is 4.79 Å². The topological polar surface area (TPSA) is 35.6 Å². The number of piperazine rings is 1. The Kier molecular flexibility index (Phi) is 4.62. The monoisotopic (exact) mass is 253 g/mol. The molecule has 1 amide bonds. The minimum Gasteiger partial charge on any atom is -0.337 e. The molecule has 0 bridgehead atoms. The molecule has 0 aliphatic carbocycles. The molecular weight excluding hydrogens is 226 g/mol. The van der Waals surface area contributed by atoms with E-state index < -0.39 is 0 Å². The average Bonchev–Trinajstić information content (AvgIpc) is 2.74. The predicted octanol–water partition coefficient (Wildman–Crippen LogP) is 1.07. The van der Waals surface area contributed by atoms with Crippen LogP contribution in [-0.4, -0.2) is 60.0 Å². The second-order valence-electron chi connectivity index (χ2n) is 6.04. The zero-order valence-electron chi connectivity index (χ0n) is 12.0. The molecule has 0 spiro atoms. The van der Waals surface area contributed by atoms with Crippen LogP contribution < -0.4 is 5.32 Å². The molecule has 2 saturated heterocycles. The molecule has 2 rings (SSSR count).